The summed E-state index contributed by atoms with van der Waals surface area (Å²) in [6.45, 7) is 0. The van der Waals surface area contributed by atoms with Crippen LogP contribution in [0.15, 0.2) is 47.6 Å². The average Bonchev–Trinajstić information content (AvgIpc) is 2.50. The first-order valence-electron chi connectivity index (χ1n) is 6.54. The van der Waals surface area contributed by atoms with Crippen LogP contribution >= 0.6 is 23.2 Å². The topological polar surface area (TPSA) is 44.7 Å². The molecule has 1 amide bonds. The van der Waals surface area contributed by atoms with Crippen LogP contribution in [0, 0.1) is 0 Å². The molecule has 0 fully saturated rings. The molecule has 0 bridgehead atoms. The molecule has 2 aromatic carbocycles. The summed E-state index contributed by atoms with van der Waals surface area (Å²) < 4.78 is 0. The van der Waals surface area contributed by atoms with E-state index in [0.717, 1.165) is 5.69 Å². The Kier molecular flexibility index (Phi) is 5.41. The van der Waals surface area contributed by atoms with Gasteiger partial charge < -0.3 is 4.90 Å². The zero-order chi connectivity index (χ0) is 16.1. The van der Waals surface area contributed by atoms with E-state index in [1.54, 1.807) is 30.3 Å². The van der Waals surface area contributed by atoms with Gasteiger partial charge in [-0.1, -0.05) is 29.3 Å². The second-order valence-electron chi connectivity index (χ2n) is 4.78. The number of amides is 1. The molecule has 2 rings (SSSR count). The molecular weight excluding hydrogens is 321 g/mol. The largest absolute Gasteiger partial charge is 0.378 e. The second kappa shape index (κ2) is 7.29. The number of halogens is 2. The molecule has 0 heterocycles. The van der Waals surface area contributed by atoms with Crippen LogP contribution in [0.1, 0.15) is 15.9 Å². The number of anilines is 1. The van der Waals surface area contributed by atoms with Crippen molar-refractivity contribution in [2.45, 2.75) is 0 Å². The Morgan fingerprint density at radius 1 is 1.09 bits per heavy atom. The van der Waals surface area contributed by atoms with Crippen LogP contribution < -0.4 is 10.3 Å². The summed E-state index contributed by atoms with van der Waals surface area (Å²) in [5, 5.41) is 4.84. The Morgan fingerprint density at radius 3 is 2.23 bits per heavy atom. The van der Waals surface area contributed by atoms with E-state index in [-0.39, 0.29) is 5.91 Å². The lowest BCUT2D eigenvalue weighted by Gasteiger charge is -2.12. The summed E-state index contributed by atoms with van der Waals surface area (Å²) >= 11 is 12.0. The van der Waals surface area contributed by atoms with Crippen LogP contribution in [0.3, 0.4) is 0 Å². The fraction of sp³-hybridized carbons (Fsp3) is 0.125. The smallest absolute Gasteiger partial charge is 0.271 e. The van der Waals surface area contributed by atoms with E-state index in [0.29, 0.717) is 21.2 Å². The molecule has 0 aliphatic rings. The third-order valence-corrected chi connectivity index (χ3v) is 3.66. The van der Waals surface area contributed by atoms with Crippen molar-refractivity contribution < 1.29 is 4.79 Å². The molecule has 0 spiro atoms. The third-order valence-electron chi connectivity index (χ3n) is 3.01. The van der Waals surface area contributed by atoms with Crippen LogP contribution in [0.2, 0.25) is 10.0 Å². The number of carbonyl (C=O) groups is 1. The molecule has 0 saturated carbocycles. The van der Waals surface area contributed by atoms with E-state index in [2.05, 4.69) is 10.5 Å². The monoisotopic (exact) mass is 335 g/mol. The van der Waals surface area contributed by atoms with Crippen LogP contribution in [0.25, 0.3) is 0 Å². The maximum absolute atomic E-state index is 12.0. The van der Waals surface area contributed by atoms with Gasteiger partial charge in [0.25, 0.3) is 5.91 Å². The van der Waals surface area contributed by atoms with Gasteiger partial charge in [0.15, 0.2) is 0 Å². The zero-order valence-corrected chi connectivity index (χ0v) is 13.7. The lowest BCUT2D eigenvalue weighted by atomic mass is 10.2. The standard InChI is InChI=1S/C16H15Cl2N3O/c1-21(2)12-8-6-11(7-9-12)16(22)20-19-10-13-14(17)4-3-5-15(13)18/h3-10H,1-2H3,(H,20,22)/b19-10-. The van der Waals surface area contributed by atoms with Crippen molar-refractivity contribution >= 4 is 41.0 Å². The highest BCUT2D eigenvalue weighted by Crippen LogP contribution is 2.22. The summed E-state index contributed by atoms with van der Waals surface area (Å²) in [5.41, 5.74) is 4.55. The molecule has 0 radical (unpaired) electrons. The summed E-state index contributed by atoms with van der Waals surface area (Å²) in [4.78, 5) is 13.9. The summed E-state index contributed by atoms with van der Waals surface area (Å²) in [6.07, 6.45) is 1.43. The Bertz CT molecular complexity index is 677. The molecule has 6 heteroatoms. The number of hydrogen-bond acceptors (Lipinski definition) is 3. The lowest BCUT2D eigenvalue weighted by Crippen LogP contribution is -2.18. The fourth-order valence-electron chi connectivity index (χ4n) is 1.76. The molecule has 2 aromatic rings. The van der Waals surface area contributed by atoms with Gasteiger partial charge in [-0.25, -0.2) is 5.43 Å². The van der Waals surface area contributed by atoms with Gasteiger partial charge in [0.05, 0.1) is 16.3 Å². The Morgan fingerprint density at radius 2 is 1.68 bits per heavy atom. The minimum Gasteiger partial charge on any atom is -0.378 e. The van der Waals surface area contributed by atoms with Crippen molar-refractivity contribution in [1.29, 1.82) is 0 Å². The molecule has 4 nitrogen and oxygen atoms in total. The quantitative estimate of drug-likeness (QED) is 0.681. The summed E-state index contributed by atoms with van der Waals surface area (Å²) in [6, 6.07) is 12.4. The molecular formula is C16H15Cl2N3O. The molecule has 0 aliphatic carbocycles. The maximum Gasteiger partial charge on any atom is 0.271 e. The number of hydrazone groups is 1. The Hall–Kier alpha value is -2.04. The average molecular weight is 336 g/mol. The second-order valence-corrected chi connectivity index (χ2v) is 5.59. The first-order valence-corrected chi connectivity index (χ1v) is 7.29. The van der Waals surface area contributed by atoms with Crippen LogP contribution in [-0.4, -0.2) is 26.2 Å². The van der Waals surface area contributed by atoms with Crippen molar-refractivity contribution in [3.63, 3.8) is 0 Å². The van der Waals surface area contributed by atoms with Gasteiger partial charge in [-0.05, 0) is 36.4 Å². The van der Waals surface area contributed by atoms with Gasteiger partial charge in [0.2, 0.25) is 0 Å². The van der Waals surface area contributed by atoms with Crippen LogP contribution in [-0.2, 0) is 0 Å². The molecule has 0 unspecified atom stereocenters. The number of nitrogens with zero attached hydrogens (tertiary/aromatic N) is 2. The van der Waals surface area contributed by atoms with Crippen LogP contribution in [0.5, 0.6) is 0 Å². The number of hydrogen-bond donors (Lipinski definition) is 1. The normalized spacial score (nSPS) is 10.7. The summed E-state index contributed by atoms with van der Waals surface area (Å²) in [7, 11) is 3.87. The van der Waals surface area contributed by atoms with Crippen molar-refractivity contribution in [2.24, 2.45) is 5.10 Å². The van der Waals surface area contributed by atoms with E-state index in [1.165, 1.54) is 6.21 Å². The van der Waals surface area contributed by atoms with E-state index in [9.17, 15) is 4.79 Å². The highest BCUT2D eigenvalue weighted by Gasteiger charge is 2.05. The third kappa shape index (κ3) is 4.00. The number of benzene rings is 2. The Labute approximate surface area is 139 Å². The molecule has 1 N–H and O–H groups in total. The molecule has 0 atom stereocenters. The highest BCUT2D eigenvalue weighted by atomic mass is 35.5. The van der Waals surface area contributed by atoms with Gasteiger partial charge in [0.1, 0.15) is 0 Å². The van der Waals surface area contributed by atoms with Gasteiger partial charge in [-0.15, -0.1) is 0 Å². The van der Waals surface area contributed by atoms with Crippen molar-refractivity contribution in [1.82, 2.24) is 5.43 Å². The molecule has 22 heavy (non-hydrogen) atoms. The molecule has 0 aromatic heterocycles. The van der Waals surface area contributed by atoms with Crippen molar-refractivity contribution in [3.8, 4) is 0 Å². The first kappa shape index (κ1) is 16.3. The minimum atomic E-state index is -0.301. The lowest BCUT2D eigenvalue weighted by molar-refractivity contribution is 0.0955. The van der Waals surface area contributed by atoms with Gasteiger partial charge in [0, 0.05) is 30.9 Å². The number of rotatable bonds is 4. The fourth-order valence-corrected chi connectivity index (χ4v) is 2.26. The minimum absolute atomic E-state index is 0.301. The highest BCUT2D eigenvalue weighted by molar-refractivity contribution is 6.38. The predicted octanol–water partition coefficient (Wildman–Crippen LogP) is 3.82. The SMILES string of the molecule is CN(C)c1ccc(C(=O)N/N=C\c2c(Cl)cccc2Cl)cc1. The Balaban J connectivity index is 2.05. The van der Waals surface area contributed by atoms with Crippen LogP contribution in [0.4, 0.5) is 5.69 Å². The van der Waals surface area contributed by atoms with E-state index in [4.69, 9.17) is 23.2 Å². The maximum atomic E-state index is 12.0. The van der Waals surface area contributed by atoms with Gasteiger partial charge in [-0.3, -0.25) is 4.79 Å². The van der Waals surface area contributed by atoms with Crippen molar-refractivity contribution in [3.05, 3.63) is 63.6 Å². The zero-order valence-electron chi connectivity index (χ0n) is 12.2. The molecule has 0 saturated heterocycles. The predicted molar refractivity (Wildman–Crippen MR) is 92.3 cm³/mol. The number of carbonyl (C=O) groups excluding carboxylic acids is 1. The molecule has 0 aliphatic heterocycles. The van der Waals surface area contributed by atoms with Crippen molar-refractivity contribution in [2.75, 3.05) is 19.0 Å². The van der Waals surface area contributed by atoms with E-state index >= 15 is 0 Å². The first-order chi connectivity index (χ1) is 10.5. The van der Waals surface area contributed by atoms with Gasteiger partial charge in [-0.2, -0.15) is 5.10 Å². The van der Waals surface area contributed by atoms with E-state index in [1.807, 2.05) is 31.1 Å². The molecule has 114 valence electrons. The number of nitrogens with one attached hydrogen (secondary N) is 1. The van der Waals surface area contributed by atoms with Gasteiger partial charge >= 0.3 is 0 Å². The summed E-state index contributed by atoms with van der Waals surface area (Å²) in [5.74, 6) is -0.301. The van der Waals surface area contributed by atoms with E-state index < -0.39 is 0 Å².